The molecule has 158 valence electrons. The molecule has 1 aromatic carbocycles. The van der Waals surface area contributed by atoms with E-state index in [1.807, 2.05) is 44.2 Å². The molecule has 0 radical (unpaired) electrons. The first kappa shape index (κ1) is 24.9. The van der Waals surface area contributed by atoms with Crippen molar-refractivity contribution in [1.29, 1.82) is 0 Å². The molecule has 29 heavy (non-hydrogen) atoms. The number of aliphatic hydroxyl groups is 1. The van der Waals surface area contributed by atoms with Crippen LogP contribution in [0.25, 0.3) is 0 Å². The van der Waals surface area contributed by atoms with Crippen LogP contribution in [0.1, 0.15) is 30.9 Å². The summed E-state index contributed by atoms with van der Waals surface area (Å²) in [5.74, 6) is 5.14. The summed E-state index contributed by atoms with van der Waals surface area (Å²) in [6.07, 6.45) is 6.02. The maximum Gasteiger partial charge on any atom is 0.191 e. The van der Waals surface area contributed by atoms with Gasteiger partial charge in [0, 0.05) is 13.1 Å². The molecule has 1 aromatic heterocycles. The Morgan fingerprint density at radius 1 is 1.24 bits per heavy atom. The highest BCUT2D eigenvalue weighted by Gasteiger charge is 2.26. The first-order valence-corrected chi connectivity index (χ1v) is 9.41. The van der Waals surface area contributed by atoms with Crippen molar-refractivity contribution in [3.8, 4) is 18.1 Å². The van der Waals surface area contributed by atoms with Crippen LogP contribution in [0.4, 0.5) is 0 Å². The number of rotatable bonds is 9. The minimum atomic E-state index is -1.16. The molecular weight excluding hydrogens is 481 g/mol. The van der Waals surface area contributed by atoms with Gasteiger partial charge < -0.3 is 24.9 Å². The van der Waals surface area contributed by atoms with Crippen LogP contribution in [-0.4, -0.2) is 37.3 Å². The van der Waals surface area contributed by atoms with Crippen LogP contribution in [0.15, 0.2) is 45.8 Å². The van der Waals surface area contributed by atoms with Crippen LogP contribution in [0.5, 0.6) is 5.75 Å². The summed E-state index contributed by atoms with van der Waals surface area (Å²) in [4.78, 5) is 4.50. The summed E-state index contributed by atoms with van der Waals surface area (Å²) in [6.45, 7) is 7.44. The number of guanidine groups is 1. The average molecular weight is 511 g/mol. The smallest absolute Gasteiger partial charge is 0.191 e. The molecule has 7 heteroatoms. The van der Waals surface area contributed by atoms with Gasteiger partial charge in [0.05, 0.1) is 6.54 Å². The van der Waals surface area contributed by atoms with E-state index in [0.29, 0.717) is 18.3 Å². The lowest BCUT2D eigenvalue weighted by molar-refractivity contribution is 0.0428. The lowest BCUT2D eigenvalue weighted by Crippen LogP contribution is -2.39. The number of ether oxygens (including phenoxy) is 1. The van der Waals surface area contributed by atoms with Crippen molar-refractivity contribution in [1.82, 2.24) is 10.6 Å². The van der Waals surface area contributed by atoms with Gasteiger partial charge in [0.2, 0.25) is 0 Å². The van der Waals surface area contributed by atoms with E-state index in [9.17, 15) is 5.11 Å². The number of nitrogens with zero attached hydrogens (tertiary/aromatic N) is 1. The van der Waals surface area contributed by atoms with E-state index in [-0.39, 0.29) is 37.1 Å². The highest BCUT2D eigenvalue weighted by atomic mass is 127. The first-order valence-electron chi connectivity index (χ1n) is 9.41. The van der Waals surface area contributed by atoms with Crippen LogP contribution in [0, 0.1) is 19.3 Å². The van der Waals surface area contributed by atoms with Gasteiger partial charge in [-0.15, -0.1) is 30.4 Å². The van der Waals surface area contributed by atoms with Crippen LogP contribution >= 0.6 is 24.0 Å². The monoisotopic (exact) mass is 511 g/mol. The highest BCUT2D eigenvalue weighted by Crippen LogP contribution is 2.23. The molecule has 0 amide bonds. The van der Waals surface area contributed by atoms with Crippen LogP contribution < -0.4 is 15.4 Å². The maximum absolute atomic E-state index is 10.6. The Morgan fingerprint density at radius 3 is 2.55 bits per heavy atom. The molecule has 0 aliphatic carbocycles. The molecule has 0 saturated carbocycles. The molecule has 1 heterocycles. The SMILES string of the molecule is C#CCOc1ccc(CCNC(=NCC(C)(O)c2ccc(C)o2)NCC)cc1.I. The predicted molar refractivity (Wildman–Crippen MR) is 127 cm³/mol. The van der Waals surface area contributed by atoms with Gasteiger partial charge in [0.25, 0.3) is 0 Å². The van der Waals surface area contributed by atoms with Gasteiger partial charge in [-0.2, -0.15) is 0 Å². The van der Waals surface area contributed by atoms with Crippen molar-refractivity contribution in [2.75, 3.05) is 26.2 Å². The average Bonchev–Trinajstić information content (AvgIpc) is 3.13. The fraction of sp³-hybridized carbons (Fsp3) is 0.409. The van der Waals surface area contributed by atoms with Crippen LogP contribution in [0.2, 0.25) is 0 Å². The number of nitrogens with one attached hydrogen (secondary N) is 2. The summed E-state index contributed by atoms with van der Waals surface area (Å²) in [5.41, 5.74) is 0.0136. The molecule has 0 saturated heterocycles. The van der Waals surface area contributed by atoms with Gasteiger partial charge >= 0.3 is 0 Å². The fourth-order valence-electron chi connectivity index (χ4n) is 2.58. The van der Waals surface area contributed by atoms with Gasteiger partial charge in [-0.3, -0.25) is 0 Å². The zero-order valence-corrected chi connectivity index (χ0v) is 19.5. The second kappa shape index (κ2) is 12.4. The van der Waals surface area contributed by atoms with Crippen LogP contribution in [0.3, 0.4) is 0 Å². The molecule has 0 aliphatic rings. The molecule has 0 aliphatic heterocycles. The summed E-state index contributed by atoms with van der Waals surface area (Å²) < 4.78 is 10.9. The number of furan rings is 1. The second-order valence-corrected chi connectivity index (χ2v) is 6.69. The molecule has 0 fully saturated rings. The second-order valence-electron chi connectivity index (χ2n) is 6.69. The first-order chi connectivity index (χ1) is 13.4. The number of hydrogen-bond donors (Lipinski definition) is 3. The normalized spacial score (nSPS) is 13.0. The van der Waals surface area contributed by atoms with E-state index >= 15 is 0 Å². The minimum Gasteiger partial charge on any atom is -0.481 e. The minimum absolute atomic E-state index is 0. The lowest BCUT2D eigenvalue weighted by atomic mass is 10.0. The Balaban J connectivity index is 0.00000420. The Bertz CT molecular complexity index is 807. The Kier molecular flexibility index (Phi) is 10.6. The summed E-state index contributed by atoms with van der Waals surface area (Å²) in [6, 6.07) is 11.5. The molecule has 3 N–H and O–H groups in total. The zero-order valence-electron chi connectivity index (χ0n) is 17.2. The van der Waals surface area contributed by atoms with Gasteiger partial charge in [-0.25, -0.2) is 4.99 Å². The highest BCUT2D eigenvalue weighted by molar-refractivity contribution is 14.0. The quantitative estimate of drug-likeness (QED) is 0.209. The van der Waals surface area contributed by atoms with Gasteiger partial charge in [-0.05, 0) is 57.0 Å². The van der Waals surface area contributed by atoms with Crippen molar-refractivity contribution in [2.45, 2.75) is 32.8 Å². The van der Waals surface area contributed by atoms with E-state index in [0.717, 1.165) is 24.5 Å². The topological polar surface area (TPSA) is 79.0 Å². The molecule has 1 atom stereocenters. The third-order valence-electron chi connectivity index (χ3n) is 4.11. The summed E-state index contributed by atoms with van der Waals surface area (Å²) in [7, 11) is 0. The number of aryl methyl sites for hydroxylation is 1. The number of benzene rings is 1. The maximum atomic E-state index is 10.6. The van der Waals surface area contributed by atoms with Crippen LogP contribution in [-0.2, 0) is 12.0 Å². The number of terminal acetylenes is 1. The van der Waals surface area contributed by atoms with Gasteiger partial charge in [0.15, 0.2) is 5.96 Å². The fourth-order valence-corrected chi connectivity index (χ4v) is 2.58. The van der Waals surface area contributed by atoms with Crippen molar-refractivity contribution >= 4 is 29.9 Å². The van der Waals surface area contributed by atoms with E-state index in [1.165, 1.54) is 5.56 Å². The zero-order chi connectivity index (χ0) is 20.4. The number of halogens is 1. The Hall–Kier alpha value is -2.18. The number of aliphatic imine (C=N–C) groups is 1. The van der Waals surface area contributed by atoms with Crippen molar-refractivity contribution in [3.05, 3.63) is 53.5 Å². The molecule has 2 rings (SSSR count). The Morgan fingerprint density at radius 2 is 1.97 bits per heavy atom. The molecule has 0 spiro atoms. The van der Waals surface area contributed by atoms with Crippen molar-refractivity contribution in [2.24, 2.45) is 4.99 Å². The standard InChI is InChI=1S/C22H29N3O3.HI/c1-5-15-27-19-10-8-18(9-11-19)13-14-24-21(23-6-2)25-16-22(4,26)20-12-7-17(3)28-20;/h1,7-12,26H,6,13-16H2,2-4H3,(H2,23,24,25);1H. The van der Waals surface area contributed by atoms with Crippen molar-refractivity contribution < 1.29 is 14.3 Å². The largest absolute Gasteiger partial charge is 0.481 e. The Labute approximate surface area is 190 Å². The molecule has 6 nitrogen and oxygen atoms in total. The predicted octanol–water partition coefficient (Wildman–Crippen LogP) is 3.22. The summed E-state index contributed by atoms with van der Waals surface area (Å²) in [5, 5.41) is 17.1. The third kappa shape index (κ3) is 8.38. The van der Waals surface area contributed by atoms with E-state index < -0.39 is 5.60 Å². The number of hydrogen-bond acceptors (Lipinski definition) is 4. The van der Waals surface area contributed by atoms with E-state index in [4.69, 9.17) is 15.6 Å². The van der Waals surface area contributed by atoms with Gasteiger partial charge in [0.1, 0.15) is 29.5 Å². The summed E-state index contributed by atoms with van der Waals surface area (Å²) >= 11 is 0. The third-order valence-corrected chi connectivity index (χ3v) is 4.11. The molecular formula is C22H30IN3O3. The molecule has 2 aromatic rings. The van der Waals surface area contributed by atoms with Gasteiger partial charge in [-0.1, -0.05) is 18.1 Å². The van der Waals surface area contributed by atoms with E-state index in [1.54, 1.807) is 13.0 Å². The molecule has 0 bridgehead atoms. The van der Waals surface area contributed by atoms with Crippen molar-refractivity contribution in [3.63, 3.8) is 0 Å². The van der Waals surface area contributed by atoms with E-state index in [2.05, 4.69) is 21.5 Å². The lowest BCUT2D eigenvalue weighted by Gasteiger charge is -2.19. The molecule has 1 unspecified atom stereocenters.